The van der Waals surface area contributed by atoms with Crippen LogP contribution in [0.25, 0.3) is 0 Å². The molecule has 1 aromatic rings. The molecular formula is C12H14FN3O2. The average Bonchev–Trinajstić information content (AvgIpc) is 2.30. The van der Waals surface area contributed by atoms with E-state index in [1.54, 1.807) is 13.8 Å². The van der Waals surface area contributed by atoms with Crippen molar-refractivity contribution in [1.29, 1.82) is 0 Å². The van der Waals surface area contributed by atoms with Crippen LogP contribution < -0.4 is 10.7 Å². The van der Waals surface area contributed by atoms with Crippen molar-refractivity contribution in [2.45, 2.75) is 19.9 Å². The third-order valence-electron chi connectivity index (χ3n) is 1.88. The van der Waals surface area contributed by atoms with Crippen LogP contribution in [0, 0.1) is 5.82 Å². The minimum absolute atomic E-state index is 0.121. The lowest BCUT2D eigenvalue weighted by Gasteiger charge is -2.05. The lowest BCUT2D eigenvalue weighted by atomic mass is 10.2. The average molecular weight is 251 g/mol. The van der Waals surface area contributed by atoms with Crippen LogP contribution in [0.2, 0.25) is 0 Å². The molecule has 1 aromatic carbocycles. The van der Waals surface area contributed by atoms with Crippen LogP contribution in [0.1, 0.15) is 19.4 Å². The van der Waals surface area contributed by atoms with Gasteiger partial charge in [-0.2, -0.15) is 5.10 Å². The Balaban J connectivity index is 2.47. The van der Waals surface area contributed by atoms with Crippen LogP contribution in [-0.2, 0) is 9.59 Å². The number of amides is 2. The molecule has 1 rings (SSSR count). The Morgan fingerprint density at radius 3 is 2.39 bits per heavy atom. The van der Waals surface area contributed by atoms with Crippen molar-refractivity contribution in [1.82, 2.24) is 10.7 Å². The lowest BCUT2D eigenvalue weighted by molar-refractivity contribution is -0.139. The highest BCUT2D eigenvalue weighted by Gasteiger charge is 2.12. The van der Waals surface area contributed by atoms with E-state index in [9.17, 15) is 14.0 Å². The summed E-state index contributed by atoms with van der Waals surface area (Å²) in [6, 6.07) is 5.42. The van der Waals surface area contributed by atoms with Gasteiger partial charge in [-0.3, -0.25) is 9.59 Å². The molecule has 0 aliphatic rings. The molecular weight excluding hydrogens is 237 g/mol. The summed E-state index contributed by atoms with van der Waals surface area (Å²) in [5.74, 6) is -1.95. The summed E-state index contributed by atoms with van der Waals surface area (Å²) in [5.41, 5.74) is 2.69. The second-order valence-electron chi connectivity index (χ2n) is 3.88. The number of rotatable bonds is 3. The Bertz CT molecular complexity index is 455. The minimum atomic E-state index is -0.845. The first-order valence-electron chi connectivity index (χ1n) is 5.38. The number of benzene rings is 1. The molecule has 5 nitrogen and oxygen atoms in total. The number of carbonyl (C=O) groups excluding carboxylic acids is 2. The molecule has 0 radical (unpaired) electrons. The van der Waals surface area contributed by atoms with Gasteiger partial charge >= 0.3 is 11.8 Å². The van der Waals surface area contributed by atoms with Gasteiger partial charge < -0.3 is 5.32 Å². The maximum absolute atomic E-state index is 12.6. The van der Waals surface area contributed by atoms with Crippen LogP contribution in [0.3, 0.4) is 0 Å². The Morgan fingerprint density at radius 1 is 1.22 bits per heavy atom. The van der Waals surface area contributed by atoms with E-state index in [-0.39, 0.29) is 11.9 Å². The molecule has 0 saturated heterocycles. The molecule has 0 spiro atoms. The third-order valence-corrected chi connectivity index (χ3v) is 1.88. The largest absolute Gasteiger partial charge is 0.346 e. The second kappa shape index (κ2) is 6.48. The number of nitrogens with zero attached hydrogens (tertiary/aromatic N) is 1. The molecule has 0 aliphatic carbocycles. The van der Waals surface area contributed by atoms with Crippen molar-refractivity contribution >= 4 is 18.0 Å². The fourth-order valence-corrected chi connectivity index (χ4v) is 1.09. The van der Waals surface area contributed by atoms with Gasteiger partial charge in [0, 0.05) is 6.04 Å². The summed E-state index contributed by atoms with van der Waals surface area (Å²) in [5, 5.41) is 6.02. The number of nitrogens with one attached hydrogen (secondary N) is 2. The van der Waals surface area contributed by atoms with E-state index in [0.29, 0.717) is 5.56 Å². The minimum Gasteiger partial charge on any atom is -0.346 e. The van der Waals surface area contributed by atoms with Crippen LogP contribution in [0.4, 0.5) is 4.39 Å². The molecule has 18 heavy (non-hydrogen) atoms. The molecule has 0 unspecified atom stereocenters. The second-order valence-corrected chi connectivity index (χ2v) is 3.88. The monoisotopic (exact) mass is 251 g/mol. The Morgan fingerprint density at radius 2 is 1.83 bits per heavy atom. The van der Waals surface area contributed by atoms with Crippen molar-refractivity contribution in [2.24, 2.45) is 5.10 Å². The molecule has 96 valence electrons. The summed E-state index contributed by atoms with van der Waals surface area (Å²) in [6.45, 7) is 3.49. The molecule has 0 bridgehead atoms. The quantitative estimate of drug-likeness (QED) is 0.474. The number of hydrogen-bond acceptors (Lipinski definition) is 3. The van der Waals surface area contributed by atoms with E-state index in [0.717, 1.165) is 0 Å². The van der Waals surface area contributed by atoms with E-state index in [1.165, 1.54) is 30.5 Å². The highest BCUT2D eigenvalue weighted by molar-refractivity contribution is 6.35. The first kappa shape index (κ1) is 13.8. The van der Waals surface area contributed by atoms with E-state index in [1.807, 2.05) is 0 Å². The summed E-state index contributed by atoms with van der Waals surface area (Å²) in [6.07, 6.45) is 1.32. The van der Waals surface area contributed by atoms with Crippen LogP contribution in [-0.4, -0.2) is 24.1 Å². The Hall–Kier alpha value is -2.24. The van der Waals surface area contributed by atoms with E-state index in [2.05, 4.69) is 15.8 Å². The zero-order valence-corrected chi connectivity index (χ0v) is 10.1. The molecule has 0 aromatic heterocycles. The molecule has 0 saturated carbocycles. The van der Waals surface area contributed by atoms with Gasteiger partial charge in [-0.15, -0.1) is 0 Å². The van der Waals surface area contributed by atoms with Crippen LogP contribution >= 0.6 is 0 Å². The van der Waals surface area contributed by atoms with Gasteiger partial charge in [0.2, 0.25) is 0 Å². The fourth-order valence-electron chi connectivity index (χ4n) is 1.09. The molecule has 0 heterocycles. The maximum Gasteiger partial charge on any atom is 0.329 e. The zero-order valence-electron chi connectivity index (χ0n) is 10.1. The number of hydrazone groups is 1. The highest BCUT2D eigenvalue weighted by atomic mass is 19.1. The van der Waals surface area contributed by atoms with Crippen molar-refractivity contribution in [3.8, 4) is 0 Å². The number of carbonyl (C=O) groups is 2. The fraction of sp³-hybridized carbons (Fsp3) is 0.250. The van der Waals surface area contributed by atoms with Crippen molar-refractivity contribution in [3.63, 3.8) is 0 Å². The highest BCUT2D eigenvalue weighted by Crippen LogP contribution is 1.99. The third kappa shape index (κ3) is 4.73. The van der Waals surface area contributed by atoms with Crippen molar-refractivity contribution in [3.05, 3.63) is 35.6 Å². The first-order chi connectivity index (χ1) is 8.49. The molecule has 0 aliphatic heterocycles. The van der Waals surface area contributed by atoms with Gasteiger partial charge in [-0.25, -0.2) is 9.82 Å². The summed E-state index contributed by atoms with van der Waals surface area (Å²) < 4.78 is 12.6. The lowest BCUT2D eigenvalue weighted by Crippen LogP contribution is -2.41. The van der Waals surface area contributed by atoms with E-state index in [4.69, 9.17) is 0 Å². The molecule has 2 N–H and O–H groups in total. The van der Waals surface area contributed by atoms with Crippen molar-refractivity contribution < 1.29 is 14.0 Å². The van der Waals surface area contributed by atoms with Gasteiger partial charge in [0.1, 0.15) is 5.82 Å². The maximum atomic E-state index is 12.6. The van der Waals surface area contributed by atoms with E-state index < -0.39 is 11.8 Å². The van der Waals surface area contributed by atoms with Gasteiger partial charge in [0.05, 0.1) is 6.21 Å². The summed E-state index contributed by atoms with van der Waals surface area (Å²) in [4.78, 5) is 22.4. The van der Waals surface area contributed by atoms with Gasteiger partial charge in [-0.1, -0.05) is 12.1 Å². The topological polar surface area (TPSA) is 70.6 Å². The van der Waals surface area contributed by atoms with E-state index >= 15 is 0 Å². The summed E-state index contributed by atoms with van der Waals surface area (Å²) >= 11 is 0. The number of hydrogen-bond donors (Lipinski definition) is 2. The van der Waals surface area contributed by atoms with Gasteiger partial charge in [0.15, 0.2) is 0 Å². The molecule has 2 amide bonds. The summed E-state index contributed by atoms with van der Waals surface area (Å²) in [7, 11) is 0. The Kier molecular flexibility index (Phi) is 4.98. The molecule has 0 fully saturated rings. The predicted molar refractivity (Wildman–Crippen MR) is 65.4 cm³/mol. The van der Waals surface area contributed by atoms with Crippen LogP contribution in [0.15, 0.2) is 29.4 Å². The molecule has 0 atom stereocenters. The predicted octanol–water partition coefficient (Wildman–Crippen LogP) is 0.800. The SMILES string of the molecule is CC(C)NC(=O)C(=O)N/N=C/c1ccc(F)cc1. The normalized spacial score (nSPS) is 10.7. The first-order valence-corrected chi connectivity index (χ1v) is 5.38. The molecule has 6 heteroatoms. The smallest absolute Gasteiger partial charge is 0.329 e. The van der Waals surface area contributed by atoms with Crippen molar-refractivity contribution in [2.75, 3.05) is 0 Å². The standard InChI is InChI=1S/C12H14FN3O2/c1-8(2)15-11(17)12(18)16-14-7-9-3-5-10(13)6-4-9/h3-8H,1-2H3,(H,15,17)(H,16,18)/b14-7+. The van der Waals surface area contributed by atoms with Crippen LogP contribution in [0.5, 0.6) is 0 Å². The number of halogens is 1. The Labute approximate surface area is 104 Å². The van der Waals surface area contributed by atoms with Gasteiger partial charge in [0.25, 0.3) is 0 Å². The zero-order chi connectivity index (χ0) is 13.5. The van der Waals surface area contributed by atoms with Gasteiger partial charge in [-0.05, 0) is 31.5 Å².